The topological polar surface area (TPSA) is 46.2 Å². The lowest BCUT2D eigenvalue weighted by Gasteiger charge is -2.38. The molecule has 0 bridgehead atoms. The summed E-state index contributed by atoms with van der Waals surface area (Å²) in [6.45, 7) is 6.29. The minimum atomic E-state index is -3.20. The molecule has 1 saturated carbocycles. The molecule has 0 spiro atoms. The molecule has 0 saturated heterocycles. The smallest absolute Gasteiger partial charge is 0.212 e. The molecule has 0 aliphatic heterocycles. The Labute approximate surface area is 117 Å². The highest BCUT2D eigenvalue weighted by Crippen LogP contribution is 2.33. The standard InChI is InChI=1S/C13H26ClNO2S/c1-11(2)6-9-18(16,17)15-13(10-14)7-4-12(3)5-8-13/h11-12,15H,4-10H2,1-3H3. The molecule has 0 unspecified atom stereocenters. The third-order valence-electron chi connectivity index (χ3n) is 3.82. The fourth-order valence-corrected chi connectivity index (χ4v) is 4.58. The van der Waals surface area contributed by atoms with Crippen LogP contribution < -0.4 is 4.72 Å². The Morgan fingerprint density at radius 1 is 1.33 bits per heavy atom. The zero-order valence-electron chi connectivity index (χ0n) is 11.7. The quantitative estimate of drug-likeness (QED) is 0.765. The Bertz CT molecular complexity index is 346. The van der Waals surface area contributed by atoms with Gasteiger partial charge in [-0.1, -0.05) is 20.8 Å². The molecular weight excluding hydrogens is 270 g/mol. The number of hydrogen-bond acceptors (Lipinski definition) is 2. The molecule has 0 heterocycles. The van der Waals surface area contributed by atoms with Crippen LogP contribution in [0.1, 0.15) is 52.9 Å². The molecule has 0 aromatic heterocycles. The third-order valence-corrected chi connectivity index (χ3v) is 5.85. The second-order valence-corrected chi connectivity index (χ2v) is 8.31. The summed E-state index contributed by atoms with van der Waals surface area (Å²) in [5, 5.41) is 0. The van der Waals surface area contributed by atoms with Crippen LogP contribution in [0.4, 0.5) is 0 Å². The van der Waals surface area contributed by atoms with Crippen LogP contribution in [0.5, 0.6) is 0 Å². The van der Waals surface area contributed by atoms with E-state index in [1.165, 1.54) is 0 Å². The summed E-state index contributed by atoms with van der Waals surface area (Å²) in [5.41, 5.74) is -0.399. The molecule has 18 heavy (non-hydrogen) atoms. The van der Waals surface area contributed by atoms with Gasteiger partial charge in [0.05, 0.1) is 5.75 Å². The van der Waals surface area contributed by atoms with Crippen LogP contribution in [-0.2, 0) is 10.0 Å². The lowest BCUT2D eigenvalue weighted by molar-refractivity contribution is 0.247. The van der Waals surface area contributed by atoms with E-state index < -0.39 is 15.6 Å². The Hall–Kier alpha value is 0.200. The van der Waals surface area contributed by atoms with E-state index >= 15 is 0 Å². The number of halogens is 1. The largest absolute Gasteiger partial charge is 0.212 e. The molecule has 0 atom stereocenters. The molecule has 1 aliphatic rings. The maximum Gasteiger partial charge on any atom is 0.212 e. The summed E-state index contributed by atoms with van der Waals surface area (Å²) >= 11 is 6.03. The van der Waals surface area contributed by atoms with Gasteiger partial charge in [0.2, 0.25) is 10.0 Å². The van der Waals surface area contributed by atoms with E-state index in [0.29, 0.717) is 24.1 Å². The Morgan fingerprint density at radius 2 is 1.89 bits per heavy atom. The van der Waals surface area contributed by atoms with Gasteiger partial charge in [-0.05, 0) is 43.9 Å². The molecule has 1 aliphatic carbocycles. The minimum absolute atomic E-state index is 0.207. The molecule has 5 heteroatoms. The molecule has 1 N–H and O–H groups in total. The van der Waals surface area contributed by atoms with Crippen LogP contribution in [0.15, 0.2) is 0 Å². The molecular formula is C13H26ClNO2S. The van der Waals surface area contributed by atoms with E-state index in [-0.39, 0.29) is 5.75 Å². The van der Waals surface area contributed by atoms with Gasteiger partial charge >= 0.3 is 0 Å². The van der Waals surface area contributed by atoms with E-state index in [4.69, 9.17) is 11.6 Å². The van der Waals surface area contributed by atoms with Gasteiger partial charge in [-0.3, -0.25) is 0 Å². The fourth-order valence-electron chi connectivity index (χ4n) is 2.35. The molecule has 3 nitrogen and oxygen atoms in total. The molecule has 108 valence electrons. The van der Waals surface area contributed by atoms with Crippen LogP contribution in [0.3, 0.4) is 0 Å². The van der Waals surface area contributed by atoms with Gasteiger partial charge < -0.3 is 0 Å². The third kappa shape index (κ3) is 5.06. The zero-order chi connectivity index (χ0) is 13.8. The van der Waals surface area contributed by atoms with Crippen molar-refractivity contribution in [1.29, 1.82) is 0 Å². The van der Waals surface area contributed by atoms with Crippen molar-refractivity contribution in [2.75, 3.05) is 11.6 Å². The number of rotatable bonds is 6. The molecule has 0 radical (unpaired) electrons. The minimum Gasteiger partial charge on any atom is -0.212 e. The van der Waals surface area contributed by atoms with Crippen molar-refractivity contribution >= 4 is 21.6 Å². The SMILES string of the molecule is CC(C)CCS(=O)(=O)NC1(CCl)CCC(C)CC1. The Morgan fingerprint density at radius 3 is 2.33 bits per heavy atom. The summed E-state index contributed by atoms with van der Waals surface area (Å²) < 4.78 is 27.0. The second-order valence-electron chi connectivity index (χ2n) is 6.20. The van der Waals surface area contributed by atoms with Crippen LogP contribution in [0, 0.1) is 11.8 Å². The molecule has 0 aromatic rings. The first-order valence-electron chi connectivity index (χ1n) is 6.86. The maximum absolute atomic E-state index is 12.1. The van der Waals surface area contributed by atoms with Crippen LogP contribution in [0.2, 0.25) is 0 Å². The van der Waals surface area contributed by atoms with Crippen molar-refractivity contribution in [2.24, 2.45) is 11.8 Å². The van der Waals surface area contributed by atoms with E-state index in [2.05, 4.69) is 11.6 Å². The number of nitrogens with one attached hydrogen (secondary N) is 1. The maximum atomic E-state index is 12.1. The molecule has 0 aromatic carbocycles. The second kappa shape index (κ2) is 6.58. The number of alkyl halides is 1. The van der Waals surface area contributed by atoms with E-state index in [1.54, 1.807) is 0 Å². The van der Waals surface area contributed by atoms with Gasteiger partial charge in [-0.25, -0.2) is 13.1 Å². The monoisotopic (exact) mass is 295 g/mol. The van der Waals surface area contributed by atoms with Gasteiger partial charge in [0.1, 0.15) is 0 Å². The lowest BCUT2D eigenvalue weighted by Crippen LogP contribution is -2.52. The lowest BCUT2D eigenvalue weighted by atomic mass is 9.79. The summed E-state index contributed by atoms with van der Waals surface area (Å²) in [4.78, 5) is 0. The number of sulfonamides is 1. The average molecular weight is 296 g/mol. The normalized spacial score (nSPS) is 29.7. The summed E-state index contributed by atoms with van der Waals surface area (Å²) in [7, 11) is -3.20. The van der Waals surface area contributed by atoms with Crippen LogP contribution in [-0.4, -0.2) is 25.6 Å². The van der Waals surface area contributed by atoms with Crippen molar-refractivity contribution in [3.05, 3.63) is 0 Å². The van der Waals surface area contributed by atoms with Crippen LogP contribution in [0.25, 0.3) is 0 Å². The molecule has 1 rings (SSSR count). The fraction of sp³-hybridized carbons (Fsp3) is 1.00. The van der Waals surface area contributed by atoms with Crippen molar-refractivity contribution in [2.45, 2.75) is 58.4 Å². The van der Waals surface area contributed by atoms with Crippen molar-refractivity contribution in [1.82, 2.24) is 4.72 Å². The highest BCUT2D eigenvalue weighted by atomic mass is 35.5. The summed E-state index contributed by atoms with van der Waals surface area (Å²) in [6.07, 6.45) is 4.53. The van der Waals surface area contributed by atoms with Gasteiger partial charge in [0, 0.05) is 11.4 Å². The van der Waals surface area contributed by atoms with Gasteiger partial charge in [0.15, 0.2) is 0 Å². The Balaban J connectivity index is 2.62. The van der Waals surface area contributed by atoms with E-state index in [0.717, 1.165) is 25.7 Å². The Kier molecular flexibility index (Phi) is 5.94. The van der Waals surface area contributed by atoms with E-state index in [1.807, 2.05) is 13.8 Å². The highest BCUT2D eigenvalue weighted by molar-refractivity contribution is 7.89. The zero-order valence-corrected chi connectivity index (χ0v) is 13.3. The molecule has 0 amide bonds. The van der Waals surface area contributed by atoms with E-state index in [9.17, 15) is 8.42 Å². The van der Waals surface area contributed by atoms with Gasteiger partial charge in [-0.15, -0.1) is 11.6 Å². The van der Waals surface area contributed by atoms with Crippen molar-refractivity contribution in [3.63, 3.8) is 0 Å². The summed E-state index contributed by atoms with van der Waals surface area (Å²) in [6, 6.07) is 0. The highest BCUT2D eigenvalue weighted by Gasteiger charge is 2.36. The van der Waals surface area contributed by atoms with Crippen molar-refractivity contribution < 1.29 is 8.42 Å². The first-order valence-corrected chi connectivity index (χ1v) is 9.05. The predicted molar refractivity (Wildman–Crippen MR) is 77.5 cm³/mol. The van der Waals surface area contributed by atoms with Gasteiger partial charge in [0.25, 0.3) is 0 Å². The van der Waals surface area contributed by atoms with Crippen molar-refractivity contribution in [3.8, 4) is 0 Å². The number of hydrogen-bond donors (Lipinski definition) is 1. The first-order chi connectivity index (χ1) is 8.29. The average Bonchev–Trinajstić information content (AvgIpc) is 2.30. The first kappa shape index (κ1) is 16.3. The predicted octanol–water partition coefficient (Wildman–Crippen LogP) is 3.14. The summed E-state index contributed by atoms with van der Waals surface area (Å²) in [5.74, 6) is 1.67. The van der Waals surface area contributed by atoms with Gasteiger partial charge in [-0.2, -0.15) is 0 Å². The molecule has 1 fully saturated rings. The van der Waals surface area contributed by atoms with Crippen LogP contribution >= 0.6 is 11.6 Å².